The van der Waals surface area contributed by atoms with Crippen molar-refractivity contribution in [1.29, 1.82) is 0 Å². The normalized spacial score (nSPS) is 16.2. The van der Waals surface area contributed by atoms with Gasteiger partial charge in [0.15, 0.2) is 0 Å². The number of hydrogen-bond donors (Lipinski definition) is 1. The van der Waals surface area contributed by atoms with Gasteiger partial charge in [0, 0.05) is 12.3 Å². The quantitative estimate of drug-likeness (QED) is 0.500. The van der Waals surface area contributed by atoms with Crippen molar-refractivity contribution < 1.29 is 9.53 Å². The summed E-state index contributed by atoms with van der Waals surface area (Å²) in [7, 11) is 0. The zero-order valence-electron chi connectivity index (χ0n) is 17.8. The highest BCUT2D eigenvalue weighted by atomic mass is 32.1. The highest BCUT2D eigenvalue weighted by molar-refractivity contribution is 7.17. The first-order chi connectivity index (χ1) is 15.4. The lowest BCUT2D eigenvalue weighted by atomic mass is 10.1. The zero-order valence-corrected chi connectivity index (χ0v) is 18.6. The average Bonchev–Trinajstić information content (AvgIpc) is 3.49. The number of fused-ring (bicyclic) bond motifs is 3. The Morgan fingerprint density at radius 2 is 2.12 bits per heavy atom. The highest BCUT2D eigenvalue weighted by Crippen LogP contribution is 2.20. The zero-order chi connectivity index (χ0) is 22.4. The first kappa shape index (κ1) is 20.7. The minimum absolute atomic E-state index is 0.0954. The number of rotatable bonds is 5. The van der Waals surface area contributed by atoms with E-state index in [-0.39, 0.29) is 29.9 Å². The average molecular weight is 454 g/mol. The van der Waals surface area contributed by atoms with Gasteiger partial charge >= 0.3 is 5.69 Å². The number of anilines is 1. The summed E-state index contributed by atoms with van der Waals surface area (Å²) < 4.78 is 10.2. The van der Waals surface area contributed by atoms with E-state index >= 15 is 0 Å². The van der Waals surface area contributed by atoms with Gasteiger partial charge in [0.2, 0.25) is 11.7 Å². The maximum Gasteiger partial charge on any atom is 0.352 e. The molecule has 1 aromatic carbocycles. The van der Waals surface area contributed by atoms with Crippen LogP contribution in [0.1, 0.15) is 24.0 Å². The SMILES string of the molecule is Cc1ccc(NC(=O)Cn2nc3n(C[C@@H]4CCCO4)c(=O)c4sccc4n3c2=O)c(C)c1. The number of benzene rings is 1. The van der Waals surface area contributed by atoms with E-state index in [1.807, 2.05) is 32.0 Å². The van der Waals surface area contributed by atoms with Crippen molar-refractivity contribution in [3.63, 3.8) is 0 Å². The maximum absolute atomic E-state index is 13.2. The molecule has 0 saturated carbocycles. The lowest BCUT2D eigenvalue weighted by molar-refractivity contribution is -0.117. The van der Waals surface area contributed by atoms with Gasteiger partial charge in [-0.25, -0.2) is 13.9 Å². The number of carbonyl (C=O) groups is 1. The monoisotopic (exact) mass is 453 g/mol. The van der Waals surface area contributed by atoms with Crippen LogP contribution in [0.2, 0.25) is 0 Å². The third kappa shape index (κ3) is 3.55. The topological polar surface area (TPSA) is 99.6 Å². The Labute approximate surface area is 186 Å². The molecule has 1 fully saturated rings. The van der Waals surface area contributed by atoms with E-state index in [4.69, 9.17) is 4.74 Å². The van der Waals surface area contributed by atoms with E-state index in [0.29, 0.717) is 29.1 Å². The molecule has 0 unspecified atom stereocenters. The fraction of sp³-hybridized carbons (Fsp3) is 0.364. The molecule has 3 aromatic heterocycles. The molecule has 0 spiro atoms. The molecule has 4 heterocycles. The van der Waals surface area contributed by atoms with E-state index in [2.05, 4.69) is 10.4 Å². The van der Waals surface area contributed by atoms with Crippen molar-refractivity contribution in [3.8, 4) is 0 Å². The molecule has 1 atom stereocenters. The second-order valence-corrected chi connectivity index (χ2v) is 9.04. The lowest BCUT2D eigenvalue weighted by Gasteiger charge is -2.12. The van der Waals surface area contributed by atoms with Crippen LogP contribution in [0.3, 0.4) is 0 Å². The van der Waals surface area contributed by atoms with Gasteiger partial charge in [-0.05, 0) is 49.8 Å². The van der Waals surface area contributed by atoms with Gasteiger partial charge in [-0.3, -0.25) is 14.2 Å². The number of hydrogen-bond acceptors (Lipinski definition) is 6. The standard InChI is InChI=1S/C22H23N5O4S/c1-13-5-6-16(14(2)10-13)23-18(28)12-26-22(30)27-17-7-9-32-19(17)20(29)25(21(27)24-26)11-15-4-3-8-31-15/h5-7,9-10,15H,3-4,8,11-12H2,1-2H3,(H,23,28)/t15-/m0/s1. The first-order valence-electron chi connectivity index (χ1n) is 10.5. The molecule has 0 aliphatic carbocycles. The predicted molar refractivity (Wildman–Crippen MR) is 123 cm³/mol. The summed E-state index contributed by atoms with van der Waals surface area (Å²) in [4.78, 5) is 39.0. The summed E-state index contributed by atoms with van der Waals surface area (Å²) >= 11 is 1.29. The van der Waals surface area contributed by atoms with Gasteiger partial charge in [-0.2, -0.15) is 0 Å². The molecule has 1 saturated heterocycles. The molecule has 1 aliphatic heterocycles. The van der Waals surface area contributed by atoms with Crippen molar-refractivity contribution in [2.75, 3.05) is 11.9 Å². The van der Waals surface area contributed by atoms with E-state index in [0.717, 1.165) is 28.7 Å². The molecule has 1 aliphatic rings. The van der Waals surface area contributed by atoms with Gasteiger partial charge in [0.25, 0.3) is 5.56 Å². The fourth-order valence-corrected chi connectivity index (χ4v) is 5.00. The molecule has 166 valence electrons. The summed E-state index contributed by atoms with van der Waals surface area (Å²) in [6.45, 7) is 4.62. The third-order valence-electron chi connectivity index (χ3n) is 5.75. The summed E-state index contributed by atoms with van der Waals surface area (Å²) in [5, 5.41) is 9.00. The van der Waals surface area contributed by atoms with Crippen LogP contribution in [0.5, 0.6) is 0 Å². The molecule has 10 heteroatoms. The number of ether oxygens (including phenoxy) is 1. The van der Waals surface area contributed by atoms with Crippen LogP contribution in [-0.2, 0) is 22.6 Å². The Bertz CT molecular complexity index is 1460. The molecule has 0 radical (unpaired) electrons. The van der Waals surface area contributed by atoms with Crippen molar-refractivity contribution in [2.45, 2.75) is 45.9 Å². The molecular weight excluding hydrogens is 430 g/mol. The second kappa shape index (κ2) is 8.03. The fourth-order valence-electron chi connectivity index (χ4n) is 4.17. The smallest absolute Gasteiger partial charge is 0.352 e. The number of nitrogens with one attached hydrogen (secondary N) is 1. The highest BCUT2D eigenvalue weighted by Gasteiger charge is 2.23. The molecule has 32 heavy (non-hydrogen) atoms. The molecular formula is C22H23N5O4S. The van der Waals surface area contributed by atoms with E-state index < -0.39 is 5.69 Å². The summed E-state index contributed by atoms with van der Waals surface area (Å²) in [6, 6.07) is 7.46. The first-order valence-corrected chi connectivity index (χ1v) is 11.4. The molecule has 1 N–H and O–H groups in total. The predicted octanol–water partition coefficient (Wildman–Crippen LogP) is 2.31. The van der Waals surface area contributed by atoms with Crippen LogP contribution in [0.25, 0.3) is 16.0 Å². The third-order valence-corrected chi connectivity index (χ3v) is 6.64. The summed E-state index contributed by atoms with van der Waals surface area (Å²) in [6.07, 6.45) is 1.70. The van der Waals surface area contributed by atoms with Crippen LogP contribution in [0.4, 0.5) is 5.69 Å². The Balaban J connectivity index is 1.54. The van der Waals surface area contributed by atoms with E-state index in [1.54, 1.807) is 11.4 Å². The number of carbonyl (C=O) groups excluding carboxylic acids is 1. The summed E-state index contributed by atoms with van der Waals surface area (Å²) in [5.74, 6) is -0.141. The molecule has 0 bridgehead atoms. The van der Waals surface area contributed by atoms with E-state index in [1.165, 1.54) is 20.3 Å². The van der Waals surface area contributed by atoms with E-state index in [9.17, 15) is 14.4 Å². The maximum atomic E-state index is 13.2. The number of amides is 1. The van der Waals surface area contributed by atoms with Gasteiger partial charge in [0.05, 0.1) is 18.2 Å². The lowest BCUT2D eigenvalue weighted by Crippen LogP contribution is -2.30. The van der Waals surface area contributed by atoms with Crippen LogP contribution in [0.15, 0.2) is 39.2 Å². The minimum atomic E-state index is -0.458. The number of thiophene rings is 1. The van der Waals surface area contributed by atoms with Crippen LogP contribution in [-0.4, -0.2) is 37.4 Å². The second-order valence-electron chi connectivity index (χ2n) is 8.13. The van der Waals surface area contributed by atoms with Crippen LogP contribution in [0, 0.1) is 13.8 Å². The molecule has 4 aromatic rings. The van der Waals surface area contributed by atoms with Crippen molar-refractivity contribution >= 4 is 38.9 Å². The van der Waals surface area contributed by atoms with Gasteiger partial charge in [-0.15, -0.1) is 16.4 Å². The Morgan fingerprint density at radius 1 is 1.28 bits per heavy atom. The van der Waals surface area contributed by atoms with Gasteiger partial charge < -0.3 is 10.1 Å². The van der Waals surface area contributed by atoms with Crippen molar-refractivity contribution in [3.05, 3.63) is 61.6 Å². The van der Waals surface area contributed by atoms with Gasteiger partial charge in [-0.1, -0.05) is 17.7 Å². The number of nitrogens with zero attached hydrogens (tertiary/aromatic N) is 4. The Morgan fingerprint density at radius 3 is 2.88 bits per heavy atom. The number of aryl methyl sites for hydroxylation is 2. The Kier molecular flexibility index (Phi) is 5.18. The molecule has 5 rings (SSSR count). The molecule has 9 nitrogen and oxygen atoms in total. The van der Waals surface area contributed by atoms with Gasteiger partial charge in [0.1, 0.15) is 11.2 Å². The van der Waals surface area contributed by atoms with Crippen LogP contribution < -0.4 is 16.6 Å². The number of aromatic nitrogens is 4. The van der Waals surface area contributed by atoms with Crippen molar-refractivity contribution in [2.24, 2.45) is 0 Å². The van der Waals surface area contributed by atoms with Crippen LogP contribution >= 0.6 is 11.3 Å². The van der Waals surface area contributed by atoms with Crippen molar-refractivity contribution in [1.82, 2.24) is 18.7 Å². The Hall–Kier alpha value is -3.24. The molecule has 1 amide bonds. The summed E-state index contributed by atoms with van der Waals surface area (Å²) in [5.41, 5.74) is 2.57. The largest absolute Gasteiger partial charge is 0.376 e. The minimum Gasteiger partial charge on any atom is -0.376 e.